The van der Waals surface area contributed by atoms with Gasteiger partial charge in [0.25, 0.3) is 0 Å². The lowest BCUT2D eigenvalue weighted by atomic mass is 9.86. The van der Waals surface area contributed by atoms with Crippen LogP contribution < -0.4 is 15.0 Å². The highest BCUT2D eigenvalue weighted by Crippen LogP contribution is 2.31. The summed E-state index contributed by atoms with van der Waals surface area (Å²) in [6.45, 7) is 6.04. The molecule has 2 aliphatic rings. The number of carbonyl (C=O) groups excluding carboxylic acids is 1. The van der Waals surface area contributed by atoms with E-state index in [0.717, 1.165) is 69.2 Å². The highest BCUT2D eigenvalue weighted by Gasteiger charge is 2.35. The summed E-state index contributed by atoms with van der Waals surface area (Å²) in [5.41, 5.74) is 2.51. The van der Waals surface area contributed by atoms with Crippen LogP contribution in [-0.2, 0) is 11.3 Å². The quantitative estimate of drug-likeness (QED) is 0.350. The van der Waals surface area contributed by atoms with Crippen molar-refractivity contribution in [2.45, 2.75) is 31.8 Å². The van der Waals surface area contributed by atoms with Crippen molar-refractivity contribution in [2.24, 2.45) is 5.92 Å². The van der Waals surface area contributed by atoms with Gasteiger partial charge >= 0.3 is 0 Å². The fourth-order valence-electron chi connectivity index (χ4n) is 6.15. The summed E-state index contributed by atoms with van der Waals surface area (Å²) in [6, 6.07) is 22.9. The number of nitrogens with one attached hydrogen (secondary N) is 1. The number of methoxy groups -OCH3 is 1. The second-order valence-electron chi connectivity index (χ2n) is 10.7. The lowest BCUT2D eigenvalue weighted by Gasteiger charge is -2.47. The van der Waals surface area contributed by atoms with E-state index in [1.807, 2.05) is 54.6 Å². The summed E-state index contributed by atoms with van der Waals surface area (Å²) in [7, 11) is 1.61. The van der Waals surface area contributed by atoms with Gasteiger partial charge in [0, 0.05) is 56.8 Å². The number of rotatable bonds is 9. The topological polar surface area (TPSA) is 48.1 Å². The number of ether oxygens (including phenoxy) is 1. The molecule has 0 saturated carbocycles. The van der Waals surface area contributed by atoms with Crippen molar-refractivity contribution in [3.63, 3.8) is 0 Å². The van der Waals surface area contributed by atoms with E-state index in [1.165, 1.54) is 6.07 Å². The molecule has 5 rings (SSSR count). The SMILES string of the molecule is COc1ccccc1NC(=O)CC[C@H]1CN(Cc2ccccc2Cl)CC[C@H]1N1CCN(c2ccccc2F)CC1. The van der Waals surface area contributed by atoms with Crippen LogP contribution in [0.1, 0.15) is 24.8 Å². The first-order valence-electron chi connectivity index (χ1n) is 14.1. The highest BCUT2D eigenvalue weighted by molar-refractivity contribution is 6.31. The summed E-state index contributed by atoms with van der Waals surface area (Å²) in [5, 5.41) is 3.83. The van der Waals surface area contributed by atoms with Gasteiger partial charge in [-0.2, -0.15) is 0 Å². The highest BCUT2D eigenvalue weighted by atomic mass is 35.5. The van der Waals surface area contributed by atoms with Gasteiger partial charge in [-0.25, -0.2) is 4.39 Å². The zero-order valence-corrected chi connectivity index (χ0v) is 23.8. The Morgan fingerprint density at radius 3 is 2.48 bits per heavy atom. The van der Waals surface area contributed by atoms with Crippen LogP contribution >= 0.6 is 11.6 Å². The van der Waals surface area contributed by atoms with Crippen molar-refractivity contribution in [1.82, 2.24) is 9.80 Å². The molecule has 1 amide bonds. The molecular formula is C32H38ClFN4O2. The summed E-state index contributed by atoms with van der Waals surface area (Å²) in [5.74, 6) is 0.823. The van der Waals surface area contributed by atoms with E-state index in [4.69, 9.17) is 16.3 Å². The monoisotopic (exact) mass is 564 g/mol. The number of hydrogen-bond acceptors (Lipinski definition) is 5. The van der Waals surface area contributed by atoms with Gasteiger partial charge in [-0.3, -0.25) is 14.6 Å². The minimum absolute atomic E-state index is 0.00384. The van der Waals surface area contributed by atoms with Gasteiger partial charge < -0.3 is 15.0 Å². The van der Waals surface area contributed by atoms with Gasteiger partial charge in [-0.1, -0.05) is 54.1 Å². The number of likely N-dealkylation sites (tertiary alicyclic amines) is 1. The molecule has 8 heteroatoms. The van der Waals surface area contributed by atoms with Crippen LogP contribution in [0.25, 0.3) is 0 Å². The van der Waals surface area contributed by atoms with Gasteiger partial charge in [0.2, 0.25) is 5.91 Å². The number of benzene rings is 3. The molecule has 6 nitrogen and oxygen atoms in total. The maximum Gasteiger partial charge on any atom is 0.224 e. The van der Waals surface area contributed by atoms with Crippen molar-refractivity contribution in [1.29, 1.82) is 0 Å². The van der Waals surface area contributed by atoms with Crippen LogP contribution in [-0.4, -0.2) is 68.1 Å². The molecule has 0 bridgehead atoms. The molecule has 212 valence electrons. The Bertz CT molecular complexity index is 1280. The van der Waals surface area contributed by atoms with Gasteiger partial charge in [0.05, 0.1) is 18.5 Å². The number of halogens is 2. The van der Waals surface area contributed by atoms with Crippen molar-refractivity contribution in [3.8, 4) is 5.75 Å². The molecule has 0 radical (unpaired) electrons. The van der Waals surface area contributed by atoms with Crippen molar-refractivity contribution in [2.75, 3.05) is 56.6 Å². The van der Waals surface area contributed by atoms with Crippen LogP contribution in [0.15, 0.2) is 72.8 Å². The lowest BCUT2D eigenvalue weighted by Crippen LogP contribution is -2.56. The van der Waals surface area contributed by atoms with E-state index >= 15 is 0 Å². The standard InChI is InChI=1S/C32H38ClFN4O2/c1-40-31-13-7-5-11-28(31)35-32(39)15-14-25-23-36(22-24-8-2-3-9-26(24)33)17-16-29(25)37-18-20-38(21-19-37)30-12-6-4-10-27(30)34/h2-13,25,29H,14-23H2,1H3,(H,35,39)/t25-,29+/m0/s1. The zero-order chi connectivity index (χ0) is 27.9. The number of piperidine rings is 1. The minimum Gasteiger partial charge on any atom is -0.495 e. The number of amides is 1. The number of piperazine rings is 1. The molecule has 40 heavy (non-hydrogen) atoms. The zero-order valence-electron chi connectivity index (χ0n) is 23.1. The average molecular weight is 565 g/mol. The fraction of sp³-hybridized carbons (Fsp3) is 0.406. The summed E-state index contributed by atoms with van der Waals surface area (Å²) in [4.78, 5) is 20.2. The van der Waals surface area contributed by atoms with E-state index in [1.54, 1.807) is 13.2 Å². The normalized spacial score (nSPS) is 20.3. The summed E-state index contributed by atoms with van der Waals surface area (Å²) < 4.78 is 19.8. The molecule has 2 heterocycles. The second kappa shape index (κ2) is 13.5. The number of anilines is 2. The lowest BCUT2D eigenvalue weighted by molar-refractivity contribution is -0.116. The molecule has 0 aromatic heterocycles. The Morgan fingerprint density at radius 1 is 0.975 bits per heavy atom. The average Bonchev–Trinajstić information content (AvgIpc) is 2.98. The smallest absolute Gasteiger partial charge is 0.224 e. The number of hydrogen-bond donors (Lipinski definition) is 1. The van der Waals surface area contributed by atoms with E-state index in [0.29, 0.717) is 35.5 Å². The van der Waals surface area contributed by atoms with Crippen molar-refractivity contribution in [3.05, 3.63) is 89.2 Å². The van der Waals surface area contributed by atoms with Gasteiger partial charge in [0.15, 0.2) is 0 Å². The predicted molar refractivity (Wildman–Crippen MR) is 160 cm³/mol. The molecule has 0 aliphatic carbocycles. The van der Waals surface area contributed by atoms with Crippen molar-refractivity contribution < 1.29 is 13.9 Å². The van der Waals surface area contributed by atoms with Crippen LogP contribution in [0.4, 0.5) is 15.8 Å². The third kappa shape index (κ3) is 6.95. The summed E-state index contributed by atoms with van der Waals surface area (Å²) in [6.07, 6.45) is 2.26. The Labute approximate surface area is 241 Å². The van der Waals surface area contributed by atoms with E-state index in [-0.39, 0.29) is 11.7 Å². The molecule has 3 aromatic carbocycles. The first-order valence-corrected chi connectivity index (χ1v) is 14.5. The maximum atomic E-state index is 14.4. The first kappa shape index (κ1) is 28.4. The largest absolute Gasteiger partial charge is 0.495 e. The molecule has 2 atom stereocenters. The predicted octanol–water partition coefficient (Wildman–Crippen LogP) is 5.92. The number of para-hydroxylation sites is 3. The van der Waals surface area contributed by atoms with Crippen LogP contribution in [0.3, 0.4) is 0 Å². The van der Waals surface area contributed by atoms with Crippen molar-refractivity contribution >= 4 is 28.9 Å². The fourth-order valence-corrected chi connectivity index (χ4v) is 6.35. The van der Waals surface area contributed by atoms with Gasteiger partial charge in [-0.05, 0) is 61.2 Å². The molecule has 0 spiro atoms. The minimum atomic E-state index is -0.164. The Kier molecular flexibility index (Phi) is 9.57. The van der Waals surface area contributed by atoms with Crippen LogP contribution in [0, 0.1) is 11.7 Å². The Morgan fingerprint density at radius 2 is 1.70 bits per heavy atom. The molecule has 2 saturated heterocycles. The maximum absolute atomic E-state index is 14.4. The van der Waals surface area contributed by atoms with Gasteiger partial charge in [0.1, 0.15) is 11.6 Å². The Balaban J connectivity index is 1.24. The Hall–Kier alpha value is -3.13. The number of nitrogens with zero attached hydrogens (tertiary/aromatic N) is 3. The first-order chi connectivity index (χ1) is 19.5. The van der Waals surface area contributed by atoms with E-state index in [2.05, 4.69) is 26.1 Å². The van der Waals surface area contributed by atoms with Gasteiger partial charge in [-0.15, -0.1) is 0 Å². The molecule has 0 unspecified atom stereocenters. The van der Waals surface area contributed by atoms with Crippen LogP contribution in [0.2, 0.25) is 5.02 Å². The third-order valence-corrected chi connectivity index (χ3v) is 8.60. The molecular weight excluding hydrogens is 527 g/mol. The third-order valence-electron chi connectivity index (χ3n) is 8.23. The molecule has 2 fully saturated rings. The van der Waals surface area contributed by atoms with E-state index < -0.39 is 0 Å². The second-order valence-corrected chi connectivity index (χ2v) is 11.1. The van der Waals surface area contributed by atoms with E-state index in [9.17, 15) is 9.18 Å². The molecule has 2 aliphatic heterocycles. The van der Waals surface area contributed by atoms with Crippen LogP contribution in [0.5, 0.6) is 5.75 Å². The molecule has 1 N–H and O–H groups in total. The summed E-state index contributed by atoms with van der Waals surface area (Å²) >= 11 is 6.48. The molecule has 3 aromatic rings. The number of carbonyl (C=O) groups is 1.